The van der Waals surface area contributed by atoms with Gasteiger partial charge in [-0.25, -0.2) is 0 Å². The molecule has 0 saturated heterocycles. The molecule has 1 aliphatic rings. The largest absolute Gasteiger partial charge is 0.383 e. The number of amides is 1. The fourth-order valence-electron chi connectivity index (χ4n) is 2.47. The van der Waals surface area contributed by atoms with Crippen LogP contribution in [0.25, 0.3) is 0 Å². The Kier molecular flexibility index (Phi) is 5.49. The predicted molar refractivity (Wildman–Crippen MR) is 83.2 cm³/mol. The van der Waals surface area contributed by atoms with Gasteiger partial charge in [0, 0.05) is 24.6 Å². The Morgan fingerprint density at radius 1 is 1.40 bits per heavy atom. The van der Waals surface area contributed by atoms with Gasteiger partial charge in [-0.2, -0.15) is 0 Å². The van der Waals surface area contributed by atoms with E-state index < -0.39 is 0 Å². The number of benzene rings is 1. The molecule has 4 heteroatoms. The summed E-state index contributed by atoms with van der Waals surface area (Å²) < 4.78 is 5.13. The van der Waals surface area contributed by atoms with Crippen LogP contribution in [0.3, 0.4) is 0 Å². The van der Waals surface area contributed by atoms with Crippen molar-refractivity contribution in [3.63, 3.8) is 0 Å². The molecule has 0 heterocycles. The molecule has 0 N–H and O–H groups in total. The third-order valence-electron chi connectivity index (χ3n) is 3.94. The first-order chi connectivity index (χ1) is 9.61. The summed E-state index contributed by atoms with van der Waals surface area (Å²) in [5.74, 6) is 0.865. The smallest absolute Gasteiger partial charge is 0.227 e. The van der Waals surface area contributed by atoms with Crippen molar-refractivity contribution in [2.75, 3.05) is 20.3 Å². The van der Waals surface area contributed by atoms with E-state index in [1.165, 1.54) is 12.8 Å². The summed E-state index contributed by atoms with van der Waals surface area (Å²) >= 11 is 4.26. The molecule has 1 aromatic rings. The van der Waals surface area contributed by atoms with E-state index in [1.807, 2.05) is 29.2 Å². The van der Waals surface area contributed by atoms with Crippen molar-refractivity contribution in [1.82, 2.24) is 4.90 Å². The van der Waals surface area contributed by atoms with Crippen LogP contribution < -0.4 is 0 Å². The first-order valence-corrected chi connectivity index (χ1v) is 7.63. The molecule has 1 amide bonds. The minimum Gasteiger partial charge on any atom is -0.383 e. The van der Waals surface area contributed by atoms with Gasteiger partial charge in [-0.3, -0.25) is 4.79 Å². The maximum atomic E-state index is 12.5. The van der Waals surface area contributed by atoms with E-state index in [2.05, 4.69) is 19.6 Å². The van der Waals surface area contributed by atoms with Gasteiger partial charge in [0.2, 0.25) is 5.91 Å². The summed E-state index contributed by atoms with van der Waals surface area (Å²) in [5, 5.41) is 0. The zero-order valence-electron chi connectivity index (χ0n) is 12.2. The molecule has 1 aromatic carbocycles. The van der Waals surface area contributed by atoms with Crippen molar-refractivity contribution < 1.29 is 9.53 Å². The van der Waals surface area contributed by atoms with Crippen LogP contribution in [-0.2, 0) is 16.0 Å². The highest BCUT2D eigenvalue weighted by Gasteiger charge is 2.33. The zero-order chi connectivity index (χ0) is 14.5. The molecular weight excluding hydrogens is 270 g/mol. The van der Waals surface area contributed by atoms with E-state index in [-0.39, 0.29) is 5.91 Å². The standard InChI is InChI=1S/C16H23NO2S/c1-12(14-5-6-14)17(9-10-19-2)16(18)11-13-3-7-15(20)8-4-13/h3-4,7-8,12,14,20H,5-6,9-11H2,1-2H3. The molecule has 0 bridgehead atoms. The second-order valence-corrected chi connectivity index (χ2v) is 6.02. The van der Waals surface area contributed by atoms with Crippen molar-refractivity contribution in [3.05, 3.63) is 29.8 Å². The highest BCUT2D eigenvalue weighted by atomic mass is 32.1. The van der Waals surface area contributed by atoms with Gasteiger partial charge in [0.25, 0.3) is 0 Å². The summed E-state index contributed by atoms with van der Waals surface area (Å²) in [7, 11) is 1.68. The summed E-state index contributed by atoms with van der Waals surface area (Å²) in [6.07, 6.45) is 2.94. The van der Waals surface area contributed by atoms with Gasteiger partial charge in [0.05, 0.1) is 13.0 Å². The molecule has 0 aromatic heterocycles. The number of hydrogen-bond donors (Lipinski definition) is 1. The third kappa shape index (κ3) is 4.25. The summed E-state index contributed by atoms with van der Waals surface area (Å²) in [6.45, 7) is 3.43. The van der Waals surface area contributed by atoms with Crippen molar-refractivity contribution in [2.45, 2.75) is 37.1 Å². The van der Waals surface area contributed by atoms with E-state index in [4.69, 9.17) is 4.74 Å². The number of carbonyl (C=O) groups excluding carboxylic acids is 1. The molecule has 0 spiro atoms. The van der Waals surface area contributed by atoms with Gasteiger partial charge in [-0.1, -0.05) is 12.1 Å². The average Bonchev–Trinajstić information content (AvgIpc) is 3.26. The fourth-order valence-corrected chi connectivity index (χ4v) is 2.62. The lowest BCUT2D eigenvalue weighted by atomic mass is 10.1. The van der Waals surface area contributed by atoms with Crippen molar-refractivity contribution >= 4 is 18.5 Å². The van der Waals surface area contributed by atoms with Crippen LogP contribution in [0.4, 0.5) is 0 Å². The predicted octanol–water partition coefficient (Wildman–Crippen LogP) is 2.79. The number of ether oxygens (including phenoxy) is 1. The van der Waals surface area contributed by atoms with Crippen LogP contribution in [0.1, 0.15) is 25.3 Å². The fraction of sp³-hybridized carbons (Fsp3) is 0.562. The summed E-state index contributed by atoms with van der Waals surface area (Å²) in [5.41, 5.74) is 1.04. The minimum atomic E-state index is 0.188. The molecule has 2 rings (SSSR count). The number of nitrogens with zero attached hydrogens (tertiary/aromatic N) is 1. The highest BCUT2D eigenvalue weighted by Crippen LogP contribution is 2.35. The summed E-state index contributed by atoms with van der Waals surface area (Å²) in [6, 6.07) is 8.11. The Balaban J connectivity index is 1.99. The average molecular weight is 293 g/mol. The molecule has 1 atom stereocenters. The van der Waals surface area contributed by atoms with Gasteiger partial charge in [-0.15, -0.1) is 12.6 Å². The number of hydrogen-bond acceptors (Lipinski definition) is 3. The molecule has 0 radical (unpaired) electrons. The maximum Gasteiger partial charge on any atom is 0.227 e. The number of rotatable bonds is 7. The number of methoxy groups -OCH3 is 1. The van der Waals surface area contributed by atoms with Gasteiger partial charge in [-0.05, 0) is 43.4 Å². The molecule has 1 aliphatic carbocycles. The minimum absolute atomic E-state index is 0.188. The molecule has 20 heavy (non-hydrogen) atoms. The first kappa shape index (κ1) is 15.4. The summed E-state index contributed by atoms with van der Waals surface area (Å²) in [4.78, 5) is 15.4. The van der Waals surface area contributed by atoms with Crippen LogP contribution in [0, 0.1) is 5.92 Å². The molecular formula is C16H23NO2S. The molecule has 1 fully saturated rings. The number of thiol groups is 1. The normalized spacial score (nSPS) is 15.9. The third-order valence-corrected chi connectivity index (χ3v) is 4.24. The van der Waals surface area contributed by atoms with Crippen LogP contribution in [0.2, 0.25) is 0 Å². The van der Waals surface area contributed by atoms with Crippen LogP contribution >= 0.6 is 12.6 Å². The second kappa shape index (κ2) is 7.14. The van der Waals surface area contributed by atoms with E-state index in [0.29, 0.717) is 31.5 Å². The van der Waals surface area contributed by atoms with E-state index in [9.17, 15) is 4.79 Å². The number of carbonyl (C=O) groups is 1. The first-order valence-electron chi connectivity index (χ1n) is 7.18. The van der Waals surface area contributed by atoms with E-state index in [1.54, 1.807) is 7.11 Å². The SMILES string of the molecule is COCCN(C(=O)Cc1ccc(S)cc1)C(C)C1CC1. The van der Waals surface area contributed by atoms with Crippen LogP contribution in [0.15, 0.2) is 29.2 Å². The topological polar surface area (TPSA) is 29.5 Å². The van der Waals surface area contributed by atoms with Crippen LogP contribution in [0.5, 0.6) is 0 Å². The molecule has 0 aliphatic heterocycles. The lowest BCUT2D eigenvalue weighted by Gasteiger charge is -2.29. The monoisotopic (exact) mass is 293 g/mol. The Labute approximate surface area is 126 Å². The van der Waals surface area contributed by atoms with Crippen molar-refractivity contribution in [2.24, 2.45) is 5.92 Å². The van der Waals surface area contributed by atoms with Crippen molar-refractivity contribution in [1.29, 1.82) is 0 Å². The Morgan fingerprint density at radius 2 is 2.05 bits per heavy atom. The van der Waals surface area contributed by atoms with Gasteiger partial charge < -0.3 is 9.64 Å². The second-order valence-electron chi connectivity index (χ2n) is 5.50. The van der Waals surface area contributed by atoms with Crippen LogP contribution in [-0.4, -0.2) is 37.1 Å². The Bertz CT molecular complexity index is 442. The zero-order valence-corrected chi connectivity index (χ0v) is 13.1. The van der Waals surface area contributed by atoms with Gasteiger partial charge >= 0.3 is 0 Å². The van der Waals surface area contributed by atoms with Crippen molar-refractivity contribution in [3.8, 4) is 0 Å². The molecule has 1 unspecified atom stereocenters. The molecule has 1 saturated carbocycles. The highest BCUT2D eigenvalue weighted by molar-refractivity contribution is 7.80. The maximum absolute atomic E-state index is 12.5. The van der Waals surface area contributed by atoms with E-state index in [0.717, 1.165) is 10.5 Å². The quantitative estimate of drug-likeness (QED) is 0.783. The van der Waals surface area contributed by atoms with E-state index >= 15 is 0 Å². The Morgan fingerprint density at radius 3 is 2.60 bits per heavy atom. The molecule has 3 nitrogen and oxygen atoms in total. The molecule has 110 valence electrons. The lowest BCUT2D eigenvalue weighted by Crippen LogP contribution is -2.42. The van der Waals surface area contributed by atoms with Gasteiger partial charge in [0.15, 0.2) is 0 Å². The lowest BCUT2D eigenvalue weighted by molar-refractivity contribution is -0.133. The van der Waals surface area contributed by atoms with Gasteiger partial charge in [0.1, 0.15) is 0 Å². The Hall–Kier alpha value is -1.00.